The Balaban J connectivity index is 1.87. The van der Waals surface area contributed by atoms with Crippen LogP contribution in [0.5, 0.6) is 5.75 Å². The molecule has 2 aromatic rings. The van der Waals surface area contributed by atoms with Crippen molar-refractivity contribution >= 4 is 39.1 Å². The molecule has 0 aliphatic carbocycles. The van der Waals surface area contributed by atoms with E-state index in [2.05, 4.69) is 4.72 Å². The van der Waals surface area contributed by atoms with Gasteiger partial charge < -0.3 is 14.7 Å². The predicted octanol–water partition coefficient (Wildman–Crippen LogP) is 2.75. The normalized spacial score (nSPS) is 14.6. The highest BCUT2D eigenvalue weighted by Gasteiger charge is 2.21. The second-order valence-corrected chi connectivity index (χ2v) is 8.82. The van der Waals surface area contributed by atoms with E-state index in [9.17, 15) is 18.3 Å². The van der Waals surface area contributed by atoms with E-state index >= 15 is 0 Å². The quantitative estimate of drug-likeness (QED) is 0.759. The first-order valence-electron chi connectivity index (χ1n) is 8.27. The highest BCUT2D eigenvalue weighted by atomic mass is 32.2. The third-order valence-electron chi connectivity index (χ3n) is 4.20. The van der Waals surface area contributed by atoms with Gasteiger partial charge in [-0.1, -0.05) is 0 Å². The van der Waals surface area contributed by atoms with E-state index in [-0.39, 0.29) is 16.1 Å². The van der Waals surface area contributed by atoms with Crippen LogP contribution in [0.2, 0.25) is 0 Å². The largest absolute Gasteiger partial charge is 0.497 e. The summed E-state index contributed by atoms with van der Waals surface area (Å²) in [6.07, 6.45) is 0. The predicted molar refractivity (Wildman–Crippen MR) is 107 cm³/mol. The lowest BCUT2D eigenvalue weighted by Crippen LogP contribution is -2.33. The molecule has 1 heterocycles. The summed E-state index contributed by atoms with van der Waals surface area (Å²) in [4.78, 5) is 13.8. The van der Waals surface area contributed by atoms with Gasteiger partial charge in [0.25, 0.3) is 10.0 Å². The van der Waals surface area contributed by atoms with Crippen LogP contribution < -0.4 is 14.4 Å². The molecular weight excluding hydrogens is 388 g/mol. The molecule has 0 amide bonds. The molecule has 2 aromatic carbocycles. The molecule has 3 rings (SSSR count). The van der Waals surface area contributed by atoms with Crippen molar-refractivity contribution < 1.29 is 23.1 Å². The molecule has 27 heavy (non-hydrogen) atoms. The Hall–Kier alpha value is -2.39. The van der Waals surface area contributed by atoms with E-state index in [1.807, 2.05) is 16.7 Å². The number of carbonyl (C=O) groups is 1. The molecule has 0 radical (unpaired) electrons. The number of benzene rings is 2. The fraction of sp³-hybridized carbons (Fsp3) is 0.278. The molecule has 1 saturated heterocycles. The number of rotatable bonds is 6. The molecule has 0 spiro atoms. The van der Waals surface area contributed by atoms with Gasteiger partial charge in [-0.25, -0.2) is 13.2 Å². The van der Waals surface area contributed by atoms with E-state index < -0.39 is 16.0 Å². The molecule has 2 N–H and O–H groups in total. The van der Waals surface area contributed by atoms with Crippen molar-refractivity contribution in [3.8, 4) is 5.75 Å². The maximum atomic E-state index is 12.6. The van der Waals surface area contributed by atoms with Gasteiger partial charge in [-0.2, -0.15) is 11.8 Å². The first kappa shape index (κ1) is 19.4. The summed E-state index contributed by atoms with van der Waals surface area (Å²) in [7, 11) is -2.34. The Bertz CT molecular complexity index is 923. The van der Waals surface area contributed by atoms with Crippen LogP contribution in [0, 0.1) is 0 Å². The molecule has 0 aromatic heterocycles. The van der Waals surface area contributed by atoms with E-state index in [1.54, 1.807) is 24.3 Å². The summed E-state index contributed by atoms with van der Waals surface area (Å²) >= 11 is 1.83. The Morgan fingerprint density at radius 2 is 1.81 bits per heavy atom. The molecule has 0 unspecified atom stereocenters. The number of hydrogen-bond donors (Lipinski definition) is 2. The Morgan fingerprint density at radius 1 is 1.15 bits per heavy atom. The van der Waals surface area contributed by atoms with Crippen molar-refractivity contribution in [2.45, 2.75) is 4.90 Å². The lowest BCUT2D eigenvalue weighted by atomic mass is 10.1. The van der Waals surface area contributed by atoms with Gasteiger partial charge in [0.2, 0.25) is 0 Å². The molecule has 0 atom stereocenters. The van der Waals surface area contributed by atoms with E-state index in [1.165, 1.54) is 25.3 Å². The van der Waals surface area contributed by atoms with Gasteiger partial charge in [-0.15, -0.1) is 0 Å². The minimum Gasteiger partial charge on any atom is -0.497 e. The second-order valence-electron chi connectivity index (χ2n) is 5.92. The standard InChI is InChI=1S/C18H20N2O5S2/c1-25-14-3-5-15(6-4-14)27(23,24)19-13-2-7-17(16(12-13)18(21)22)20-8-10-26-11-9-20/h2-7,12,19H,8-11H2,1H3,(H,21,22). The lowest BCUT2D eigenvalue weighted by molar-refractivity contribution is 0.0697. The summed E-state index contributed by atoms with van der Waals surface area (Å²) in [5, 5.41) is 9.57. The minimum absolute atomic E-state index is 0.0670. The van der Waals surface area contributed by atoms with Crippen LogP contribution in [-0.4, -0.2) is 51.2 Å². The number of thioether (sulfide) groups is 1. The van der Waals surface area contributed by atoms with Crippen LogP contribution in [0.1, 0.15) is 10.4 Å². The average Bonchev–Trinajstić information content (AvgIpc) is 2.68. The fourth-order valence-corrected chi connectivity index (χ4v) is 4.77. The molecule has 144 valence electrons. The molecular formula is C18H20N2O5S2. The first-order chi connectivity index (χ1) is 12.9. The number of hydrogen-bond acceptors (Lipinski definition) is 6. The van der Waals surface area contributed by atoms with Crippen molar-refractivity contribution in [1.82, 2.24) is 0 Å². The van der Waals surface area contributed by atoms with Crippen LogP contribution >= 0.6 is 11.8 Å². The van der Waals surface area contributed by atoms with E-state index in [0.29, 0.717) is 11.4 Å². The van der Waals surface area contributed by atoms with Gasteiger partial charge in [-0.05, 0) is 42.5 Å². The van der Waals surface area contributed by atoms with Gasteiger partial charge in [0, 0.05) is 30.3 Å². The topological polar surface area (TPSA) is 95.9 Å². The molecule has 1 aliphatic heterocycles. The number of carboxylic acid groups (broad SMARTS) is 1. The van der Waals surface area contributed by atoms with Crippen molar-refractivity contribution in [3.05, 3.63) is 48.0 Å². The first-order valence-corrected chi connectivity index (χ1v) is 10.9. The highest BCUT2D eigenvalue weighted by molar-refractivity contribution is 7.99. The number of nitrogens with one attached hydrogen (secondary N) is 1. The SMILES string of the molecule is COc1ccc(S(=O)(=O)Nc2ccc(N3CCSCC3)c(C(=O)O)c2)cc1. The van der Waals surface area contributed by atoms with Crippen molar-refractivity contribution in [1.29, 1.82) is 0 Å². The summed E-state index contributed by atoms with van der Waals surface area (Å²) in [6.45, 7) is 1.53. The Labute approximate surface area is 162 Å². The number of carboxylic acids is 1. The maximum Gasteiger partial charge on any atom is 0.337 e. The molecule has 7 nitrogen and oxygen atoms in total. The fourth-order valence-electron chi connectivity index (χ4n) is 2.82. The average molecular weight is 409 g/mol. The third-order valence-corrected chi connectivity index (χ3v) is 6.54. The summed E-state index contributed by atoms with van der Waals surface area (Å²) in [5.41, 5.74) is 0.894. The number of anilines is 2. The molecule has 0 saturated carbocycles. The van der Waals surface area contributed by atoms with Gasteiger partial charge in [-0.3, -0.25) is 4.72 Å². The summed E-state index contributed by atoms with van der Waals surface area (Å²) in [5.74, 6) is 1.33. The van der Waals surface area contributed by atoms with Crippen LogP contribution in [0.4, 0.5) is 11.4 Å². The second kappa shape index (κ2) is 8.10. The van der Waals surface area contributed by atoms with Gasteiger partial charge >= 0.3 is 5.97 Å². The van der Waals surface area contributed by atoms with Crippen LogP contribution in [-0.2, 0) is 10.0 Å². The zero-order valence-corrected chi connectivity index (χ0v) is 16.3. The minimum atomic E-state index is -3.83. The number of methoxy groups -OCH3 is 1. The zero-order valence-electron chi connectivity index (χ0n) is 14.7. The van der Waals surface area contributed by atoms with Crippen molar-refractivity contribution in [2.24, 2.45) is 0 Å². The molecule has 1 fully saturated rings. The summed E-state index contributed by atoms with van der Waals surface area (Å²) < 4.78 is 32.6. The summed E-state index contributed by atoms with van der Waals surface area (Å²) in [6, 6.07) is 10.6. The van der Waals surface area contributed by atoms with Gasteiger partial charge in [0.05, 0.1) is 23.3 Å². The van der Waals surface area contributed by atoms with E-state index in [0.717, 1.165) is 24.6 Å². The van der Waals surface area contributed by atoms with Crippen LogP contribution in [0.25, 0.3) is 0 Å². The number of aromatic carboxylic acids is 1. The monoisotopic (exact) mass is 408 g/mol. The Kier molecular flexibility index (Phi) is 5.81. The number of nitrogens with zero attached hydrogens (tertiary/aromatic N) is 1. The molecule has 9 heteroatoms. The van der Waals surface area contributed by atoms with Gasteiger partial charge in [0.1, 0.15) is 5.75 Å². The maximum absolute atomic E-state index is 12.6. The third kappa shape index (κ3) is 4.48. The molecule has 0 bridgehead atoms. The number of ether oxygens (including phenoxy) is 1. The van der Waals surface area contributed by atoms with Crippen LogP contribution in [0.15, 0.2) is 47.4 Å². The Morgan fingerprint density at radius 3 is 2.41 bits per heavy atom. The van der Waals surface area contributed by atoms with Crippen molar-refractivity contribution in [2.75, 3.05) is 41.3 Å². The van der Waals surface area contributed by atoms with E-state index in [4.69, 9.17) is 4.74 Å². The smallest absolute Gasteiger partial charge is 0.337 e. The van der Waals surface area contributed by atoms with Crippen LogP contribution in [0.3, 0.4) is 0 Å². The lowest BCUT2D eigenvalue weighted by Gasteiger charge is -2.29. The highest BCUT2D eigenvalue weighted by Crippen LogP contribution is 2.28. The number of sulfonamides is 1. The van der Waals surface area contributed by atoms with Crippen molar-refractivity contribution in [3.63, 3.8) is 0 Å². The zero-order chi connectivity index (χ0) is 19.4. The van der Waals surface area contributed by atoms with Gasteiger partial charge in [0.15, 0.2) is 0 Å². The molecule has 1 aliphatic rings.